The number of likely N-dealkylation sites (tertiary alicyclic amines) is 1. The van der Waals surface area contributed by atoms with Gasteiger partial charge in [-0.2, -0.15) is 0 Å². The Balaban J connectivity index is 1.53. The lowest BCUT2D eigenvalue weighted by Gasteiger charge is -2.30. The summed E-state index contributed by atoms with van der Waals surface area (Å²) in [7, 11) is 0. The summed E-state index contributed by atoms with van der Waals surface area (Å²) in [5, 5.41) is 3.50. The molecule has 1 aliphatic heterocycles. The lowest BCUT2D eigenvalue weighted by Crippen LogP contribution is -2.46. The topological polar surface area (TPSA) is 41.6 Å². The van der Waals surface area contributed by atoms with Gasteiger partial charge in [-0.3, -0.25) is 0 Å². The summed E-state index contributed by atoms with van der Waals surface area (Å²) < 4.78 is 5.54. The molecule has 1 aliphatic carbocycles. The molecular formula is C18H26N2O2. The van der Waals surface area contributed by atoms with Gasteiger partial charge in [-0.25, -0.2) is 4.79 Å². The Morgan fingerprint density at radius 1 is 1.32 bits per heavy atom. The minimum atomic E-state index is -0.425. The number of amides is 1. The maximum atomic E-state index is 12.3. The number of benzene rings is 1. The Labute approximate surface area is 132 Å². The molecule has 1 aromatic carbocycles. The predicted octanol–water partition coefficient (Wildman–Crippen LogP) is 3.03. The zero-order chi connectivity index (χ0) is 15.7. The number of hydrogen-bond acceptors (Lipinski definition) is 3. The molecule has 1 saturated heterocycles. The van der Waals surface area contributed by atoms with Crippen LogP contribution in [0.1, 0.15) is 32.8 Å². The molecule has 1 heterocycles. The van der Waals surface area contributed by atoms with Gasteiger partial charge in [0.05, 0.1) is 6.04 Å². The van der Waals surface area contributed by atoms with Gasteiger partial charge < -0.3 is 15.0 Å². The smallest absolute Gasteiger partial charge is 0.410 e. The van der Waals surface area contributed by atoms with Gasteiger partial charge in [-0.1, -0.05) is 30.3 Å². The summed E-state index contributed by atoms with van der Waals surface area (Å²) in [6.45, 7) is 8.31. The van der Waals surface area contributed by atoms with Crippen molar-refractivity contribution in [3.05, 3.63) is 35.9 Å². The zero-order valence-corrected chi connectivity index (χ0v) is 13.7. The maximum Gasteiger partial charge on any atom is 0.410 e. The SMILES string of the molecule is CC(C)(C)OC(=O)N1C[C@H]2CC2C1CNCc1ccccc1. The van der Waals surface area contributed by atoms with E-state index in [9.17, 15) is 4.79 Å². The highest BCUT2D eigenvalue weighted by molar-refractivity contribution is 5.69. The molecule has 0 radical (unpaired) electrons. The Morgan fingerprint density at radius 2 is 2.05 bits per heavy atom. The second-order valence-corrected chi connectivity index (χ2v) is 7.48. The predicted molar refractivity (Wildman–Crippen MR) is 86.5 cm³/mol. The number of ether oxygens (including phenoxy) is 1. The molecule has 3 atom stereocenters. The summed E-state index contributed by atoms with van der Waals surface area (Å²) in [6.07, 6.45) is 1.10. The first-order valence-corrected chi connectivity index (χ1v) is 8.18. The van der Waals surface area contributed by atoms with Crippen LogP contribution in [0.3, 0.4) is 0 Å². The molecule has 1 saturated carbocycles. The van der Waals surface area contributed by atoms with E-state index in [1.54, 1.807) is 0 Å². The minimum Gasteiger partial charge on any atom is -0.444 e. The lowest BCUT2D eigenvalue weighted by atomic mass is 10.1. The van der Waals surface area contributed by atoms with Crippen molar-refractivity contribution in [3.63, 3.8) is 0 Å². The van der Waals surface area contributed by atoms with Crippen molar-refractivity contribution in [1.82, 2.24) is 10.2 Å². The molecule has 0 aromatic heterocycles. The largest absolute Gasteiger partial charge is 0.444 e. The van der Waals surface area contributed by atoms with Gasteiger partial charge in [0.15, 0.2) is 0 Å². The first kappa shape index (κ1) is 15.3. The average Bonchev–Trinajstić information content (AvgIpc) is 3.13. The number of rotatable bonds is 4. The highest BCUT2D eigenvalue weighted by Crippen LogP contribution is 2.49. The number of hydrogen-bond donors (Lipinski definition) is 1. The van der Waals surface area contributed by atoms with Crippen LogP contribution in [0.25, 0.3) is 0 Å². The second-order valence-electron chi connectivity index (χ2n) is 7.48. The van der Waals surface area contributed by atoms with E-state index < -0.39 is 5.60 Å². The van der Waals surface area contributed by atoms with Crippen LogP contribution in [0.2, 0.25) is 0 Å². The quantitative estimate of drug-likeness (QED) is 0.929. The molecule has 2 unspecified atom stereocenters. The van der Waals surface area contributed by atoms with Crippen molar-refractivity contribution < 1.29 is 9.53 Å². The van der Waals surface area contributed by atoms with Crippen LogP contribution in [0, 0.1) is 11.8 Å². The van der Waals surface area contributed by atoms with Crippen molar-refractivity contribution in [2.75, 3.05) is 13.1 Å². The zero-order valence-electron chi connectivity index (χ0n) is 13.7. The molecule has 0 spiro atoms. The van der Waals surface area contributed by atoms with E-state index in [2.05, 4.69) is 29.6 Å². The maximum absolute atomic E-state index is 12.3. The van der Waals surface area contributed by atoms with Crippen LogP contribution >= 0.6 is 0 Å². The number of carbonyl (C=O) groups excluding carboxylic acids is 1. The minimum absolute atomic E-state index is 0.161. The Morgan fingerprint density at radius 3 is 2.73 bits per heavy atom. The van der Waals surface area contributed by atoms with Crippen molar-refractivity contribution in [3.8, 4) is 0 Å². The van der Waals surface area contributed by atoms with E-state index in [1.165, 1.54) is 12.0 Å². The van der Waals surface area contributed by atoms with Gasteiger partial charge in [-0.15, -0.1) is 0 Å². The molecule has 1 N–H and O–H groups in total. The number of fused-ring (bicyclic) bond motifs is 1. The molecule has 0 bridgehead atoms. The van der Waals surface area contributed by atoms with Gasteiger partial charge in [0.2, 0.25) is 0 Å². The Kier molecular flexibility index (Phi) is 4.13. The van der Waals surface area contributed by atoms with Crippen LogP contribution in [-0.4, -0.2) is 35.7 Å². The molecule has 22 heavy (non-hydrogen) atoms. The molecule has 4 heteroatoms. The third kappa shape index (κ3) is 3.61. The summed E-state index contributed by atoms with van der Waals surface area (Å²) in [5.74, 6) is 1.35. The van der Waals surface area contributed by atoms with Gasteiger partial charge >= 0.3 is 6.09 Å². The molecule has 2 fully saturated rings. The van der Waals surface area contributed by atoms with E-state index in [-0.39, 0.29) is 12.1 Å². The lowest BCUT2D eigenvalue weighted by molar-refractivity contribution is 0.0193. The molecule has 2 aliphatic rings. The van der Waals surface area contributed by atoms with E-state index in [0.717, 1.165) is 19.6 Å². The average molecular weight is 302 g/mol. The fourth-order valence-electron chi connectivity index (χ4n) is 3.32. The summed E-state index contributed by atoms with van der Waals surface area (Å²) >= 11 is 0. The summed E-state index contributed by atoms with van der Waals surface area (Å²) in [4.78, 5) is 14.3. The number of piperidine rings is 1. The fourth-order valence-corrected chi connectivity index (χ4v) is 3.32. The third-order valence-corrected chi connectivity index (χ3v) is 4.46. The van der Waals surface area contributed by atoms with Gasteiger partial charge in [-0.05, 0) is 44.6 Å². The van der Waals surface area contributed by atoms with Crippen LogP contribution in [0.4, 0.5) is 4.79 Å². The summed E-state index contributed by atoms with van der Waals surface area (Å²) in [6, 6.07) is 10.6. The van der Waals surface area contributed by atoms with Gasteiger partial charge in [0, 0.05) is 19.6 Å². The van der Waals surface area contributed by atoms with Gasteiger partial charge in [0.25, 0.3) is 0 Å². The molecular weight excluding hydrogens is 276 g/mol. The normalized spacial score (nSPS) is 26.7. The van der Waals surface area contributed by atoms with E-state index >= 15 is 0 Å². The first-order chi connectivity index (χ1) is 10.4. The van der Waals surface area contributed by atoms with Gasteiger partial charge in [0.1, 0.15) is 5.60 Å². The highest BCUT2D eigenvalue weighted by Gasteiger charge is 2.54. The molecule has 1 amide bonds. The highest BCUT2D eigenvalue weighted by atomic mass is 16.6. The first-order valence-electron chi connectivity index (χ1n) is 8.18. The molecule has 1 aromatic rings. The second kappa shape index (κ2) is 5.92. The fraction of sp³-hybridized carbons (Fsp3) is 0.611. The monoisotopic (exact) mass is 302 g/mol. The van der Waals surface area contributed by atoms with Crippen LogP contribution in [0.15, 0.2) is 30.3 Å². The van der Waals surface area contributed by atoms with E-state index in [0.29, 0.717) is 11.8 Å². The third-order valence-electron chi connectivity index (χ3n) is 4.46. The molecule has 120 valence electrons. The van der Waals surface area contributed by atoms with Crippen molar-refractivity contribution in [1.29, 1.82) is 0 Å². The molecule has 4 nitrogen and oxygen atoms in total. The van der Waals surface area contributed by atoms with Crippen LogP contribution in [0.5, 0.6) is 0 Å². The standard InChI is InChI=1S/C18H26N2O2/c1-18(2,3)22-17(21)20-12-14-9-15(14)16(20)11-19-10-13-7-5-4-6-8-13/h4-8,14-16,19H,9-12H2,1-3H3/t14-,15?,16?/m1/s1. The summed E-state index contributed by atoms with van der Waals surface area (Å²) in [5.41, 5.74) is 0.850. The Hall–Kier alpha value is -1.55. The van der Waals surface area contributed by atoms with Crippen LogP contribution in [-0.2, 0) is 11.3 Å². The van der Waals surface area contributed by atoms with E-state index in [4.69, 9.17) is 4.74 Å². The number of nitrogens with one attached hydrogen (secondary N) is 1. The van der Waals surface area contributed by atoms with Crippen LogP contribution < -0.4 is 5.32 Å². The Bertz CT molecular complexity index is 524. The number of carbonyl (C=O) groups is 1. The van der Waals surface area contributed by atoms with Crippen molar-refractivity contribution in [2.24, 2.45) is 11.8 Å². The molecule has 3 rings (SSSR count). The van der Waals surface area contributed by atoms with Crippen molar-refractivity contribution in [2.45, 2.75) is 45.4 Å². The number of nitrogens with zero attached hydrogens (tertiary/aromatic N) is 1. The van der Waals surface area contributed by atoms with E-state index in [1.807, 2.05) is 31.7 Å². The van der Waals surface area contributed by atoms with Crippen molar-refractivity contribution >= 4 is 6.09 Å².